The molecule has 0 saturated heterocycles. The van der Waals surface area contributed by atoms with Crippen LogP contribution in [0, 0.1) is 0 Å². The molecule has 1 aliphatic carbocycles. The summed E-state index contributed by atoms with van der Waals surface area (Å²) >= 11 is -2.58. The van der Waals surface area contributed by atoms with Crippen molar-refractivity contribution in [1.29, 1.82) is 0 Å². The van der Waals surface area contributed by atoms with Crippen LogP contribution in [0.2, 0.25) is 0 Å². The molecule has 0 amide bonds. The van der Waals surface area contributed by atoms with E-state index in [1.807, 2.05) is 0 Å². The van der Waals surface area contributed by atoms with Crippen LogP contribution in [0.5, 0.6) is 0 Å². The second kappa shape index (κ2) is 7.91. The van der Waals surface area contributed by atoms with Gasteiger partial charge in [-0.15, -0.1) is 0 Å². The minimum atomic E-state index is -2.58. The number of hydrogen-bond acceptors (Lipinski definition) is 3. The van der Waals surface area contributed by atoms with Crippen molar-refractivity contribution in [2.75, 3.05) is 40.8 Å². The normalized spacial score (nSPS) is 16.3. The molecule has 0 aromatic carbocycles. The van der Waals surface area contributed by atoms with Crippen LogP contribution in [-0.2, 0) is 17.4 Å². The molecule has 1 rings (SSSR count). The van der Waals surface area contributed by atoms with Crippen molar-refractivity contribution in [3.8, 4) is 0 Å². The van der Waals surface area contributed by atoms with Crippen LogP contribution in [-0.4, -0.2) is 50.9 Å². The Morgan fingerprint density at radius 2 is 1.35 bits per heavy atom. The average Bonchev–Trinajstić information content (AvgIpc) is 2.95. The standard InChI is InChI=1S/C7H9.3C3H8N.Ti/c1-2-7-5-3-4-6-7;3*1-3-4-2;/h3,5H,2,4H2,1H3;3*3H2,1-2H3;/q;3*-1;+3. The van der Waals surface area contributed by atoms with Crippen LogP contribution in [0.15, 0.2) is 21.6 Å². The van der Waals surface area contributed by atoms with Crippen LogP contribution in [0.4, 0.5) is 0 Å². The van der Waals surface area contributed by atoms with E-state index in [1.165, 1.54) is 0 Å². The summed E-state index contributed by atoms with van der Waals surface area (Å²) in [5.74, 6) is 0. The first-order valence-corrected chi connectivity index (χ1v) is 10.9. The molecule has 0 aromatic rings. The van der Waals surface area contributed by atoms with Gasteiger partial charge in [-0.3, -0.25) is 0 Å². The Kier molecular flexibility index (Phi) is 7.16. The molecule has 0 atom stereocenters. The summed E-state index contributed by atoms with van der Waals surface area (Å²) in [4.78, 5) is 0. The molecule has 0 aliphatic heterocycles. The van der Waals surface area contributed by atoms with Gasteiger partial charge < -0.3 is 0 Å². The van der Waals surface area contributed by atoms with E-state index in [-0.39, 0.29) is 0 Å². The van der Waals surface area contributed by atoms with Crippen molar-refractivity contribution in [1.82, 2.24) is 10.1 Å². The van der Waals surface area contributed by atoms with Crippen LogP contribution < -0.4 is 0 Å². The van der Waals surface area contributed by atoms with Gasteiger partial charge in [0.05, 0.1) is 0 Å². The molecule has 0 radical (unpaired) electrons. The Hall–Kier alpha value is 0.0743. The molecule has 0 bridgehead atoms. The van der Waals surface area contributed by atoms with Gasteiger partial charge >= 0.3 is 130 Å². The molecule has 0 N–H and O–H groups in total. The van der Waals surface area contributed by atoms with E-state index >= 15 is 0 Å². The summed E-state index contributed by atoms with van der Waals surface area (Å²) < 4.78 is 9.76. The molecule has 20 heavy (non-hydrogen) atoms. The van der Waals surface area contributed by atoms with E-state index in [2.05, 4.69) is 71.1 Å². The predicted octanol–water partition coefficient (Wildman–Crippen LogP) is 3.36. The molecule has 0 fully saturated rings. The van der Waals surface area contributed by atoms with E-state index in [4.69, 9.17) is 0 Å². The molecule has 1 aliphatic rings. The molecule has 116 valence electrons. The molecule has 4 heteroatoms. The summed E-state index contributed by atoms with van der Waals surface area (Å²) in [6.45, 7) is 12.5. The third-order valence-electron chi connectivity index (χ3n) is 4.83. The zero-order valence-electron chi connectivity index (χ0n) is 14.5. The Bertz CT molecular complexity index is 349. The van der Waals surface area contributed by atoms with Gasteiger partial charge in [-0.05, 0) is 0 Å². The van der Waals surface area contributed by atoms with E-state index in [9.17, 15) is 0 Å². The van der Waals surface area contributed by atoms with Crippen LogP contribution in [0.25, 0.3) is 0 Å². The van der Waals surface area contributed by atoms with Gasteiger partial charge in [-0.1, -0.05) is 0 Å². The first-order valence-electron chi connectivity index (χ1n) is 8.03. The average molecular weight is 315 g/mol. The minimum absolute atomic E-state index is 1.12. The molecular weight excluding hydrogens is 282 g/mol. The number of rotatable bonds is 8. The molecule has 3 nitrogen and oxygen atoms in total. The van der Waals surface area contributed by atoms with Crippen molar-refractivity contribution in [3.05, 3.63) is 21.6 Å². The van der Waals surface area contributed by atoms with Crippen LogP contribution in [0.3, 0.4) is 0 Å². The van der Waals surface area contributed by atoms with Crippen LogP contribution in [0.1, 0.15) is 40.5 Å². The summed E-state index contributed by atoms with van der Waals surface area (Å²) in [6, 6.07) is 0. The molecule has 0 unspecified atom stereocenters. The fraction of sp³-hybridized carbons (Fsp3) is 0.750. The fourth-order valence-corrected chi connectivity index (χ4v) is 12.1. The first-order chi connectivity index (χ1) is 9.50. The second-order valence-corrected chi connectivity index (χ2v) is 12.1. The third-order valence-corrected chi connectivity index (χ3v) is 13.4. The molecule has 0 spiro atoms. The van der Waals surface area contributed by atoms with Crippen molar-refractivity contribution in [2.45, 2.75) is 40.5 Å². The number of nitrogens with zero attached hydrogens (tertiary/aromatic N) is 3. The summed E-state index contributed by atoms with van der Waals surface area (Å²) in [7, 11) is 6.99. The van der Waals surface area contributed by atoms with E-state index in [1.54, 1.807) is 9.45 Å². The Labute approximate surface area is 130 Å². The molecule has 0 saturated carbocycles. The van der Waals surface area contributed by atoms with Gasteiger partial charge in [0.1, 0.15) is 0 Å². The third kappa shape index (κ3) is 2.98. The van der Waals surface area contributed by atoms with Crippen LogP contribution >= 0.6 is 0 Å². The van der Waals surface area contributed by atoms with Crippen molar-refractivity contribution in [2.24, 2.45) is 0 Å². The first kappa shape index (κ1) is 18.1. The fourth-order valence-electron chi connectivity index (χ4n) is 3.46. The second-order valence-electron chi connectivity index (χ2n) is 5.64. The molecular formula is C16H33N3Ti. The van der Waals surface area contributed by atoms with Crippen molar-refractivity contribution >= 4 is 0 Å². The summed E-state index contributed by atoms with van der Waals surface area (Å²) in [6.07, 6.45) is 7.05. The quantitative estimate of drug-likeness (QED) is 0.636. The maximum atomic E-state index is 2.67. The van der Waals surface area contributed by atoms with Crippen molar-refractivity contribution < 1.29 is 17.4 Å². The van der Waals surface area contributed by atoms with Gasteiger partial charge in [0, 0.05) is 0 Å². The Balaban J connectivity index is 3.45. The van der Waals surface area contributed by atoms with E-state index in [0.29, 0.717) is 0 Å². The summed E-state index contributed by atoms with van der Waals surface area (Å²) in [5.41, 5.74) is 1.59. The topological polar surface area (TPSA) is 9.72 Å². The number of allylic oxidation sites excluding steroid dienone is 4. The Morgan fingerprint density at radius 1 is 0.900 bits per heavy atom. The zero-order valence-corrected chi connectivity index (χ0v) is 16.1. The summed E-state index contributed by atoms with van der Waals surface area (Å²) in [5, 5.41) is 0. The van der Waals surface area contributed by atoms with Crippen molar-refractivity contribution in [3.63, 3.8) is 0 Å². The monoisotopic (exact) mass is 315 g/mol. The Morgan fingerprint density at radius 3 is 1.70 bits per heavy atom. The van der Waals surface area contributed by atoms with Gasteiger partial charge in [-0.2, -0.15) is 0 Å². The predicted molar refractivity (Wildman–Crippen MR) is 86.0 cm³/mol. The maximum absolute atomic E-state index is 2.67. The van der Waals surface area contributed by atoms with Gasteiger partial charge in [0.15, 0.2) is 0 Å². The molecule has 0 aromatic heterocycles. The zero-order chi connectivity index (χ0) is 15.3. The SMILES string of the molecule is CCC1=[C]([Ti]([N](C)CC)([N](C)CC)[N](C)CC)CC=C1. The number of hydrogen-bond donors (Lipinski definition) is 0. The van der Waals surface area contributed by atoms with E-state index < -0.39 is 17.4 Å². The van der Waals surface area contributed by atoms with E-state index in [0.717, 1.165) is 32.5 Å². The van der Waals surface area contributed by atoms with Gasteiger partial charge in [0.2, 0.25) is 0 Å². The van der Waals surface area contributed by atoms with Gasteiger partial charge in [-0.25, -0.2) is 0 Å². The molecule has 0 heterocycles. The van der Waals surface area contributed by atoms with Gasteiger partial charge in [0.25, 0.3) is 0 Å².